The zero-order valence-electron chi connectivity index (χ0n) is 21.1. The second-order valence-electron chi connectivity index (χ2n) is 8.06. The van der Waals surface area contributed by atoms with Gasteiger partial charge in [-0.1, -0.05) is 117 Å². The predicted octanol–water partition coefficient (Wildman–Crippen LogP) is 10.2. The Hall–Kier alpha value is -4.10. The first-order valence-electron chi connectivity index (χ1n) is 12.2. The van der Waals surface area contributed by atoms with Crippen LogP contribution in [0.15, 0.2) is 146 Å². The third-order valence-corrected chi connectivity index (χ3v) is 5.66. The number of anilines is 2. The summed E-state index contributed by atoms with van der Waals surface area (Å²) in [5.41, 5.74) is 8.05. The summed E-state index contributed by atoms with van der Waals surface area (Å²) < 4.78 is 0. The van der Waals surface area contributed by atoms with Crippen LogP contribution >= 0.6 is 0 Å². The third kappa shape index (κ3) is 6.94. The van der Waals surface area contributed by atoms with E-state index in [0.717, 1.165) is 23.5 Å². The Kier molecular flexibility index (Phi) is 9.89. The van der Waals surface area contributed by atoms with Crippen molar-refractivity contribution in [3.8, 4) is 22.3 Å². The maximum atomic E-state index is 4.05. The molecule has 0 aliphatic rings. The van der Waals surface area contributed by atoms with Crippen molar-refractivity contribution < 1.29 is 0 Å². The van der Waals surface area contributed by atoms with Crippen LogP contribution in [0.2, 0.25) is 0 Å². The predicted molar refractivity (Wildman–Crippen MR) is 155 cm³/mol. The molecule has 0 atom stereocenters. The number of hydrogen-bond acceptors (Lipinski definition) is 1. The zero-order chi connectivity index (χ0) is 24.9. The highest BCUT2D eigenvalue weighted by Gasteiger charge is 2.14. The molecule has 0 aliphatic heterocycles. The molecule has 0 fully saturated rings. The van der Waals surface area contributed by atoms with Crippen molar-refractivity contribution in [2.24, 2.45) is 0 Å². The summed E-state index contributed by atoms with van der Waals surface area (Å²) in [6, 6.07) is 38.3. The Bertz CT molecular complexity index is 1170. The van der Waals surface area contributed by atoms with E-state index in [9.17, 15) is 0 Å². The van der Waals surface area contributed by atoms with Crippen LogP contribution in [0, 0.1) is 0 Å². The smallest absolute Gasteiger partial charge is 0.0467 e. The van der Waals surface area contributed by atoms with Gasteiger partial charge in [0, 0.05) is 17.1 Å². The summed E-state index contributed by atoms with van der Waals surface area (Å²) in [5, 5.41) is 0. The number of allylic oxidation sites excluding steroid dienone is 4. The monoisotopic (exact) mass is 457 g/mol. The quantitative estimate of drug-likeness (QED) is 0.197. The molecule has 0 aromatic heterocycles. The highest BCUT2D eigenvalue weighted by atomic mass is 15.1. The molecule has 1 nitrogen and oxygen atoms in total. The fourth-order valence-corrected chi connectivity index (χ4v) is 3.93. The summed E-state index contributed by atoms with van der Waals surface area (Å²) in [4.78, 5) is 2.26. The van der Waals surface area contributed by atoms with E-state index < -0.39 is 0 Å². The first kappa shape index (κ1) is 25.5. The van der Waals surface area contributed by atoms with E-state index in [2.05, 4.69) is 134 Å². The van der Waals surface area contributed by atoms with Crippen molar-refractivity contribution in [1.29, 1.82) is 0 Å². The third-order valence-electron chi connectivity index (χ3n) is 5.66. The van der Waals surface area contributed by atoms with Gasteiger partial charge in [0.2, 0.25) is 0 Å². The summed E-state index contributed by atoms with van der Waals surface area (Å²) in [6.45, 7) is 10.3. The first-order chi connectivity index (χ1) is 17.2. The van der Waals surface area contributed by atoms with E-state index in [1.165, 1.54) is 22.3 Å². The van der Waals surface area contributed by atoms with E-state index in [1.807, 2.05) is 32.1 Å². The van der Waals surface area contributed by atoms with E-state index in [0.29, 0.717) is 0 Å². The molecule has 35 heavy (non-hydrogen) atoms. The molecule has 176 valence electrons. The van der Waals surface area contributed by atoms with Crippen molar-refractivity contribution in [3.63, 3.8) is 0 Å². The number of benzene rings is 4. The van der Waals surface area contributed by atoms with Gasteiger partial charge in [-0.15, -0.1) is 0 Å². The molecule has 4 rings (SSSR count). The van der Waals surface area contributed by atoms with Crippen LogP contribution in [0.5, 0.6) is 0 Å². The molecule has 0 aliphatic carbocycles. The molecule has 0 saturated carbocycles. The normalized spacial score (nSPS) is 11.0. The molecule has 0 amide bonds. The number of hydrogen-bond donors (Lipinski definition) is 0. The van der Waals surface area contributed by atoms with Crippen molar-refractivity contribution in [3.05, 3.63) is 146 Å². The van der Waals surface area contributed by atoms with Crippen LogP contribution < -0.4 is 4.90 Å². The summed E-state index contributed by atoms with van der Waals surface area (Å²) in [7, 11) is 0. The molecule has 0 unspecified atom stereocenters. The van der Waals surface area contributed by atoms with Gasteiger partial charge < -0.3 is 4.90 Å². The van der Waals surface area contributed by atoms with E-state index >= 15 is 0 Å². The van der Waals surface area contributed by atoms with Crippen LogP contribution in [0.25, 0.3) is 22.3 Å². The minimum absolute atomic E-state index is 1.05. The molecule has 4 aromatic rings. The molecule has 0 saturated heterocycles. The topological polar surface area (TPSA) is 3.24 Å². The van der Waals surface area contributed by atoms with Gasteiger partial charge >= 0.3 is 0 Å². The molecule has 0 N–H and O–H groups in total. The van der Waals surface area contributed by atoms with Crippen LogP contribution in [0.1, 0.15) is 27.2 Å². The van der Waals surface area contributed by atoms with Gasteiger partial charge in [0.05, 0.1) is 0 Å². The molecule has 4 aromatic carbocycles. The first-order valence-corrected chi connectivity index (χ1v) is 12.2. The minimum Gasteiger partial charge on any atom is -0.311 e. The average molecular weight is 458 g/mol. The highest BCUT2D eigenvalue weighted by Crippen LogP contribution is 2.35. The van der Waals surface area contributed by atoms with Crippen LogP contribution in [0.4, 0.5) is 11.4 Å². The average Bonchev–Trinajstić information content (AvgIpc) is 2.93. The summed E-state index contributed by atoms with van der Waals surface area (Å²) >= 11 is 0. The highest BCUT2D eigenvalue weighted by molar-refractivity contribution is 5.78. The van der Waals surface area contributed by atoms with Gasteiger partial charge in [0.1, 0.15) is 0 Å². The Labute approximate surface area is 211 Å². The zero-order valence-corrected chi connectivity index (χ0v) is 21.1. The van der Waals surface area contributed by atoms with Gasteiger partial charge in [0.15, 0.2) is 0 Å². The summed E-state index contributed by atoms with van der Waals surface area (Å²) in [5.74, 6) is 0. The van der Waals surface area contributed by atoms with Crippen molar-refractivity contribution in [2.75, 3.05) is 4.90 Å². The molecule has 0 radical (unpaired) electrons. The Balaban J connectivity index is 0.000000623. The van der Waals surface area contributed by atoms with E-state index in [4.69, 9.17) is 0 Å². The van der Waals surface area contributed by atoms with Crippen LogP contribution in [-0.2, 0) is 0 Å². The fourth-order valence-electron chi connectivity index (χ4n) is 3.93. The second kappa shape index (κ2) is 13.6. The van der Waals surface area contributed by atoms with Crippen molar-refractivity contribution in [1.82, 2.24) is 0 Å². The number of rotatable bonds is 7. The van der Waals surface area contributed by atoms with Gasteiger partial charge in [-0.25, -0.2) is 0 Å². The van der Waals surface area contributed by atoms with Crippen molar-refractivity contribution in [2.45, 2.75) is 27.2 Å². The summed E-state index contributed by atoms with van der Waals surface area (Å²) in [6.07, 6.45) is 9.35. The minimum atomic E-state index is 1.05. The van der Waals surface area contributed by atoms with Crippen LogP contribution in [0.3, 0.4) is 0 Å². The van der Waals surface area contributed by atoms with Gasteiger partial charge in [-0.2, -0.15) is 0 Å². The van der Waals surface area contributed by atoms with E-state index in [-0.39, 0.29) is 0 Å². The molecule has 0 heterocycles. The molecular formula is C34H35N. The second-order valence-corrected chi connectivity index (χ2v) is 8.06. The molecule has 0 bridgehead atoms. The maximum absolute atomic E-state index is 4.05. The van der Waals surface area contributed by atoms with Gasteiger partial charge in [-0.05, 0) is 72.9 Å². The lowest BCUT2D eigenvalue weighted by Gasteiger charge is -2.27. The lowest BCUT2D eigenvalue weighted by molar-refractivity contribution is 1.20. The Morgan fingerprint density at radius 3 is 1.46 bits per heavy atom. The Morgan fingerprint density at radius 2 is 1.11 bits per heavy atom. The molecular weight excluding hydrogens is 422 g/mol. The standard InChI is InChI=1S/C29H25N.C5H10/c1-3-27(4-2)30(28-19-11-17-25(21-28)23-13-7-5-8-14-23)29-20-12-18-26(22-29)24-15-9-6-10-16-24;1-3-5-4-2/h3-22H,1H2,2H3;3,5H,4H2,1-2H3/b27-4+;5-3-. The van der Waals surface area contributed by atoms with Crippen LogP contribution in [-0.4, -0.2) is 0 Å². The molecule has 1 heteroatoms. The maximum Gasteiger partial charge on any atom is 0.0467 e. The lowest BCUT2D eigenvalue weighted by atomic mass is 10.0. The molecule has 0 spiro atoms. The van der Waals surface area contributed by atoms with E-state index in [1.54, 1.807) is 0 Å². The van der Waals surface area contributed by atoms with Crippen molar-refractivity contribution >= 4 is 11.4 Å². The Morgan fingerprint density at radius 1 is 0.657 bits per heavy atom. The SMILES string of the molecule is C/C=C\CC.C=C/C(=C\C)N(c1cccc(-c2ccccc2)c1)c1cccc(-c2ccccc2)c1. The fraction of sp³-hybridized carbons (Fsp3) is 0.118. The lowest BCUT2D eigenvalue weighted by Crippen LogP contribution is -2.15. The van der Waals surface area contributed by atoms with Gasteiger partial charge in [-0.3, -0.25) is 0 Å². The number of nitrogens with zero attached hydrogens (tertiary/aromatic N) is 1. The largest absolute Gasteiger partial charge is 0.311 e. The van der Waals surface area contributed by atoms with Gasteiger partial charge in [0.25, 0.3) is 0 Å².